The summed E-state index contributed by atoms with van der Waals surface area (Å²) in [5.74, 6) is 0. The number of benzene rings is 2. The number of rotatable bonds is 4. The molecule has 4 heteroatoms. The third-order valence-corrected chi connectivity index (χ3v) is 3.34. The maximum atomic E-state index is 11.4. The summed E-state index contributed by atoms with van der Waals surface area (Å²) in [4.78, 5) is 22.7. The number of carbonyl (C=O) groups is 2. The second-order valence-corrected chi connectivity index (χ2v) is 4.95. The molecular formula is C16H10Cl2O2. The molecule has 0 radical (unpaired) electrons. The minimum absolute atomic E-state index is 0.319. The molecule has 0 bridgehead atoms. The highest BCUT2D eigenvalue weighted by Crippen LogP contribution is 2.25. The Morgan fingerprint density at radius 3 is 1.20 bits per heavy atom. The number of aldehydes is 2. The normalized spacial score (nSPS) is 11.7. The molecular weight excluding hydrogens is 295 g/mol. The van der Waals surface area contributed by atoms with Gasteiger partial charge in [0, 0.05) is 21.2 Å². The van der Waals surface area contributed by atoms with Crippen molar-refractivity contribution in [2.24, 2.45) is 0 Å². The van der Waals surface area contributed by atoms with Crippen molar-refractivity contribution in [1.29, 1.82) is 0 Å². The predicted octanol–water partition coefficient (Wildman–Crippen LogP) is 4.30. The van der Waals surface area contributed by atoms with E-state index in [-0.39, 0.29) is 0 Å². The Hall–Kier alpha value is -1.90. The number of carbonyl (C=O) groups excluding carboxylic acids is 2. The van der Waals surface area contributed by atoms with Crippen LogP contribution in [0.2, 0.25) is 10.0 Å². The van der Waals surface area contributed by atoms with Crippen LogP contribution < -0.4 is 0 Å². The van der Waals surface area contributed by atoms with E-state index in [1.165, 1.54) is 0 Å². The fourth-order valence-corrected chi connectivity index (χ4v) is 2.08. The standard InChI is InChI=1S/C16H10Cl2O2/c17-13-5-1-11(2-6-13)15(9-19)16(10-20)12-3-7-14(18)8-4-12/h1-10H/b16-15+. The summed E-state index contributed by atoms with van der Waals surface area (Å²) in [5, 5.41) is 1.14. The first-order valence-corrected chi connectivity index (χ1v) is 6.58. The molecule has 0 aliphatic rings. The lowest BCUT2D eigenvalue weighted by molar-refractivity contribution is -0.105. The molecule has 0 aliphatic heterocycles. The summed E-state index contributed by atoms with van der Waals surface area (Å²) < 4.78 is 0. The van der Waals surface area contributed by atoms with E-state index < -0.39 is 0 Å². The molecule has 20 heavy (non-hydrogen) atoms. The zero-order chi connectivity index (χ0) is 14.5. The number of allylic oxidation sites excluding steroid dienone is 2. The molecule has 0 aromatic heterocycles. The number of hydrogen-bond donors (Lipinski definition) is 0. The molecule has 2 aromatic carbocycles. The summed E-state index contributed by atoms with van der Waals surface area (Å²) in [5.41, 5.74) is 1.92. The van der Waals surface area contributed by atoms with Gasteiger partial charge < -0.3 is 0 Å². The van der Waals surface area contributed by atoms with E-state index in [2.05, 4.69) is 0 Å². The van der Waals surface area contributed by atoms with Gasteiger partial charge in [-0.1, -0.05) is 47.5 Å². The van der Waals surface area contributed by atoms with E-state index in [1.54, 1.807) is 48.5 Å². The van der Waals surface area contributed by atoms with Gasteiger partial charge in [-0.3, -0.25) is 9.59 Å². The van der Waals surface area contributed by atoms with Crippen molar-refractivity contribution in [2.45, 2.75) is 0 Å². The lowest BCUT2D eigenvalue weighted by Gasteiger charge is -2.07. The van der Waals surface area contributed by atoms with Crippen molar-refractivity contribution in [2.75, 3.05) is 0 Å². The monoisotopic (exact) mass is 304 g/mol. The molecule has 0 unspecified atom stereocenters. The smallest absolute Gasteiger partial charge is 0.151 e. The largest absolute Gasteiger partial charge is 0.298 e. The second kappa shape index (κ2) is 6.51. The Bertz CT molecular complexity index is 596. The third kappa shape index (κ3) is 3.16. The third-order valence-electron chi connectivity index (χ3n) is 2.84. The van der Waals surface area contributed by atoms with Crippen LogP contribution in [0.1, 0.15) is 11.1 Å². The lowest BCUT2D eigenvalue weighted by Crippen LogP contribution is -1.95. The lowest BCUT2D eigenvalue weighted by atomic mass is 9.96. The predicted molar refractivity (Wildman–Crippen MR) is 81.8 cm³/mol. The highest BCUT2D eigenvalue weighted by atomic mass is 35.5. The Kier molecular flexibility index (Phi) is 4.72. The van der Waals surface area contributed by atoms with Crippen LogP contribution in [-0.4, -0.2) is 12.6 Å². The second-order valence-electron chi connectivity index (χ2n) is 4.08. The molecule has 2 rings (SSSR count). The minimum atomic E-state index is 0.319. The van der Waals surface area contributed by atoms with E-state index in [4.69, 9.17) is 23.2 Å². The van der Waals surface area contributed by atoms with Gasteiger partial charge in [0.2, 0.25) is 0 Å². The van der Waals surface area contributed by atoms with Crippen LogP contribution in [0.25, 0.3) is 11.1 Å². The van der Waals surface area contributed by atoms with Crippen LogP contribution in [0.4, 0.5) is 0 Å². The Morgan fingerprint density at radius 1 is 0.650 bits per heavy atom. The van der Waals surface area contributed by atoms with Crippen LogP contribution in [0.3, 0.4) is 0 Å². The molecule has 100 valence electrons. The van der Waals surface area contributed by atoms with Gasteiger partial charge in [0.25, 0.3) is 0 Å². The molecule has 0 saturated carbocycles. The fourth-order valence-electron chi connectivity index (χ4n) is 1.83. The molecule has 0 spiro atoms. The van der Waals surface area contributed by atoms with Crippen LogP contribution in [0.15, 0.2) is 48.5 Å². The van der Waals surface area contributed by atoms with Crippen LogP contribution in [-0.2, 0) is 9.59 Å². The summed E-state index contributed by atoms with van der Waals surface area (Å²) in [7, 11) is 0. The van der Waals surface area contributed by atoms with Gasteiger partial charge in [0.15, 0.2) is 12.6 Å². The first-order chi connectivity index (χ1) is 9.65. The first kappa shape index (κ1) is 14.5. The summed E-state index contributed by atoms with van der Waals surface area (Å²) in [6.07, 6.45) is 1.34. The van der Waals surface area contributed by atoms with Gasteiger partial charge in [-0.15, -0.1) is 0 Å². The molecule has 0 heterocycles. The van der Waals surface area contributed by atoms with Gasteiger partial charge in [-0.25, -0.2) is 0 Å². The molecule has 0 atom stereocenters. The van der Waals surface area contributed by atoms with E-state index >= 15 is 0 Å². The highest BCUT2D eigenvalue weighted by molar-refractivity contribution is 6.32. The molecule has 0 N–H and O–H groups in total. The number of hydrogen-bond acceptors (Lipinski definition) is 2. The molecule has 0 fully saturated rings. The van der Waals surface area contributed by atoms with Gasteiger partial charge in [-0.05, 0) is 35.4 Å². The highest BCUT2D eigenvalue weighted by Gasteiger charge is 2.10. The maximum Gasteiger partial charge on any atom is 0.151 e. The summed E-state index contributed by atoms with van der Waals surface area (Å²) in [6, 6.07) is 13.5. The molecule has 0 saturated heterocycles. The van der Waals surface area contributed by atoms with Crippen LogP contribution in [0, 0.1) is 0 Å². The molecule has 0 amide bonds. The zero-order valence-electron chi connectivity index (χ0n) is 10.3. The van der Waals surface area contributed by atoms with E-state index in [0.29, 0.717) is 44.9 Å². The Labute approximate surface area is 126 Å². The van der Waals surface area contributed by atoms with Crippen molar-refractivity contribution < 1.29 is 9.59 Å². The van der Waals surface area contributed by atoms with Gasteiger partial charge in [-0.2, -0.15) is 0 Å². The topological polar surface area (TPSA) is 34.1 Å². The van der Waals surface area contributed by atoms with Crippen molar-refractivity contribution in [3.8, 4) is 0 Å². The van der Waals surface area contributed by atoms with Gasteiger partial charge >= 0.3 is 0 Å². The zero-order valence-corrected chi connectivity index (χ0v) is 11.9. The fraction of sp³-hybridized carbons (Fsp3) is 0. The van der Waals surface area contributed by atoms with E-state index in [1.807, 2.05) is 0 Å². The Balaban J connectivity index is 2.58. The number of halogens is 2. The van der Waals surface area contributed by atoms with E-state index in [9.17, 15) is 9.59 Å². The molecule has 2 nitrogen and oxygen atoms in total. The van der Waals surface area contributed by atoms with Crippen molar-refractivity contribution in [3.05, 3.63) is 69.7 Å². The summed E-state index contributed by atoms with van der Waals surface area (Å²) in [6.45, 7) is 0. The Morgan fingerprint density at radius 2 is 0.950 bits per heavy atom. The molecule has 2 aromatic rings. The van der Waals surface area contributed by atoms with Crippen molar-refractivity contribution in [3.63, 3.8) is 0 Å². The maximum absolute atomic E-state index is 11.4. The average Bonchev–Trinajstić information content (AvgIpc) is 2.47. The summed E-state index contributed by atoms with van der Waals surface area (Å²) >= 11 is 11.6. The SMILES string of the molecule is O=C/C(=C(/C=O)c1ccc(Cl)cc1)c1ccc(Cl)cc1. The minimum Gasteiger partial charge on any atom is -0.298 e. The average molecular weight is 305 g/mol. The van der Waals surface area contributed by atoms with Gasteiger partial charge in [0.05, 0.1) is 0 Å². The van der Waals surface area contributed by atoms with Crippen molar-refractivity contribution in [1.82, 2.24) is 0 Å². The van der Waals surface area contributed by atoms with Crippen molar-refractivity contribution >= 4 is 46.9 Å². The van der Waals surface area contributed by atoms with Gasteiger partial charge in [0.1, 0.15) is 0 Å². The quantitative estimate of drug-likeness (QED) is 0.479. The van der Waals surface area contributed by atoms with E-state index in [0.717, 1.165) is 0 Å². The van der Waals surface area contributed by atoms with Crippen LogP contribution >= 0.6 is 23.2 Å². The molecule has 0 aliphatic carbocycles. The van der Waals surface area contributed by atoms with Crippen LogP contribution in [0.5, 0.6) is 0 Å². The first-order valence-electron chi connectivity index (χ1n) is 5.82.